The Morgan fingerprint density at radius 2 is 0.887 bits per heavy atom. The molecule has 12 rings (SSSR count). The van der Waals surface area contributed by atoms with Crippen molar-refractivity contribution in [1.29, 1.82) is 0 Å². The Balaban J connectivity index is 0.967. The van der Waals surface area contributed by atoms with Crippen molar-refractivity contribution in [3.63, 3.8) is 0 Å². The number of thiophene rings is 1. The van der Waals surface area contributed by atoms with Crippen molar-refractivity contribution in [3.8, 4) is 55.6 Å². The highest BCUT2D eigenvalue weighted by molar-refractivity contribution is 7.25. The Bertz CT molecular complexity index is 3420. The molecule has 0 amide bonds. The van der Waals surface area contributed by atoms with Crippen LogP contribution >= 0.6 is 11.3 Å². The number of nitrogens with zero attached hydrogens (tertiary/aromatic N) is 1. The predicted molar refractivity (Wildman–Crippen MR) is 265 cm³/mol. The lowest BCUT2D eigenvalue weighted by Gasteiger charge is -2.29. The van der Waals surface area contributed by atoms with Gasteiger partial charge in [-0.2, -0.15) is 0 Å². The van der Waals surface area contributed by atoms with Crippen LogP contribution in [-0.2, 0) is 10.8 Å². The van der Waals surface area contributed by atoms with E-state index in [1.807, 2.05) is 11.3 Å². The molecule has 0 N–H and O–H groups in total. The first kappa shape index (κ1) is 36.8. The second-order valence-electron chi connectivity index (χ2n) is 18.1. The predicted octanol–water partition coefficient (Wildman–Crippen LogP) is 17.1. The van der Waals surface area contributed by atoms with Crippen LogP contribution in [0.1, 0.15) is 49.9 Å². The molecule has 2 aliphatic rings. The molecule has 0 unspecified atom stereocenters. The number of fused-ring (bicyclic) bond motifs is 9. The first-order valence-corrected chi connectivity index (χ1v) is 22.6. The molecule has 1 nitrogen and oxygen atoms in total. The Hall–Kier alpha value is -7.00. The summed E-state index contributed by atoms with van der Waals surface area (Å²) in [6.07, 6.45) is 0. The van der Waals surface area contributed by atoms with E-state index in [0.29, 0.717) is 0 Å². The van der Waals surface area contributed by atoms with Crippen molar-refractivity contribution >= 4 is 48.6 Å². The highest BCUT2D eigenvalue weighted by Gasteiger charge is 2.38. The summed E-state index contributed by atoms with van der Waals surface area (Å²) in [4.78, 5) is 2.48. The Labute approximate surface area is 368 Å². The zero-order valence-electron chi connectivity index (χ0n) is 35.4. The quantitative estimate of drug-likeness (QED) is 0.162. The molecule has 0 bridgehead atoms. The number of benzene rings is 9. The van der Waals surface area contributed by atoms with Crippen molar-refractivity contribution in [2.75, 3.05) is 4.90 Å². The summed E-state index contributed by atoms with van der Waals surface area (Å²) in [6.45, 7) is 9.42. The largest absolute Gasteiger partial charge is 0.310 e. The van der Waals surface area contributed by atoms with E-state index in [-0.39, 0.29) is 10.8 Å². The standard InChI is InChI=1S/C60H45NS/c1-59(2)51-21-8-5-18-46(51)50-36-42(29-33-53(50)59)40-15-11-14-39(34-40)41-16-12-17-45(35-41)61(55-24-13-23-54-58(55)49-20-6-9-22-52(49)60(54,3)4)44-30-26-38(27-31-44)43-28-32-48-47-19-7-10-25-56(47)62-57(48)37-43/h5-37H,1-4H3. The molecule has 0 spiro atoms. The Morgan fingerprint density at radius 1 is 0.339 bits per heavy atom. The van der Waals surface area contributed by atoms with Crippen LogP contribution in [0.3, 0.4) is 0 Å². The lowest BCUT2D eigenvalue weighted by atomic mass is 9.82. The average molecular weight is 812 g/mol. The number of anilines is 3. The second kappa shape index (κ2) is 13.8. The van der Waals surface area contributed by atoms with Gasteiger partial charge in [0.2, 0.25) is 0 Å². The van der Waals surface area contributed by atoms with Crippen LogP contribution in [-0.4, -0.2) is 0 Å². The Kier molecular flexibility index (Phi) is 8.17. The molecule has 2 aliphatic carbocycles. The number of hydrogen-bond donors (Lipinski definition) is 0. The summed E-state index contributed by atoms with van der Waals surface area (Å²) >= 11 is 1.87. The topological polar surface area (TPSA) is 3.24 Å². The molecular weight excluding hydrogens is 767 g/mol. The van der Waals surface area contributed by atoms with E-state index in [9.17, 15) is 0 Å². The summed E-state index contributed by atoms with van der Waals surface area (Å²) in [6, 6.07) is 74.8. The van der Waals surface area contributed by atoms with Gasteiger partial charge in [-0.25, -0.2) is 0 Å². The number of hydrogen-bond acceptors (Lipinski definition) is 2. The first-order chi connectivity index (χ1) is 30.2. The average Bonchev–Trinajstić information content (AvgIpc) is 3.89. The van der Waals surface area contributed by atoms with E-state index in [2.05, 4.69) is 233 Å². The van der Waals surface area contributed by atoms with E-state index >= 15 is 0 Å². The van der Waals surface area contributed by atoms with Gasteiger partial charge in [-0.3, -0.25) is 0 Å². The molecule has 10 aromatic rings. The molecule has 62 heavy (non-hydrogen) atoms. The van der Waals surface area contributed by atoms with Gasteiger partial charge in [0.1, 0.15) is 0 Å². The minimum absolute atomic E-state index is 0.0103. The maximum atomic E-state index is 2.48. The fourth-order valence-electron chi connectivity index (χ4n) is 10.7. The molecule has 0 radical (unpaired) electrons. The van der Waals surface area contributed by atoms with Crippen LogP contribution in [0.5, 0.6) is 0 Å². The van der Waals surface area contributed by atoms with Crippen molar-refractivity contribution < 1.29 is 0 Å². The van der Waals surface area contributed by atoms with Crippen LogP contribution in [0.15, 0.2) is 200 Å². The van der Waals surface area contributed by atoms with Crippen LogP contribution in [0.4, 0.5) is 17.1 Å². The van der Waals surface area contributed by atoms with Gasteiger partial charge in [0.05, 0.1) is 5.69 Å². The first-order valence-electron chi connectivity index (χ1n) is 21.7. The van der Waals surface area contributed by atoms with Gasteiger partial charge in [0.25, 0.3) is 0 Å². The third kappa shape index (κ3) is 5.60. The summed E-state index contributed by atoms with van der Waals surface area (Å²) in [5, 5.41) is 2.66. The Morgan fingerprint density at radius 3 is 1.69 bits per heavy atom. The van der Waals surface area contributed by atoms with Crippen molar-refractivity contribution in [3.05, 3.63) is 222 Å². The molecule has 9 aromatic carbocycles. The molecule has 1 heterocycles. The van der Waals surface area contributed by atoms with E-state index < -0.39 is 0 Å². The van der Waals surface area contributed by atoms with Gasteiger partial charge in [-0.1, -0.05) is 173 Å². The molecule has 2 heteroatoms. The zero-order chi connectivity index (χ0) is 41.7. The van der Waals surface area contributed by atoms with Gasteiger partial charge in [0.15, 0.2) is 0 Å². The van der Waals surface area contributed by atoms with Crippen LogP contribution in [0, 0.1) is 0 Å². The molecule has 296 valence electrons. The third-order valence-electron chi connectivity index (χ3n) is 13.9. The van der Waals surface area contributed by atoms with Gasteiger partial charge in [0, 0.05) is 47.9 Å². The van der Waals surface area contributed by atoms with Crippen LogP contribution in [0.2, 0.25) is 0 Å². The molecule has 0 atom stereocenters. The van der Waals surface area contributed by atoms with Crippen molar-refractivity contribution in [2.24, 2.45) is 0 Å². The smallest absolute Gasteiger partial charge is 0.0543 e. The fraction of sp³-hybridized carbons (Fsp3) is 0.100. The molecule has 0 saturated carbocycles. The fourth-order valence-corrected chi connectivity index (χ4v) is 11.8. The third-order valence-corrected chi connectivity index (χ3v) is 15.0. The molecule has 1 aromatic heterocycles. The highest BCUT2D eigenvalue weighted by atomic mass is 32.1. The summed E-state index contributed by atoms with van der Waals surface area (Å²) < 4.78 is 2.65. The maximum Gasteiger partial charge on any atom is 0.0543 e. The van der Waals surface area contributed by atoms with Crippen molar-refractivity contribution in [1.82, 2.24) is 0 Å². The van der Waals surface area contributed by atoms with Gasteiger partial charge in [-0.05, 0) is 127 Å². The van der Waals surface area contributed by atoms with Gasteiger partial charge < -0.3 is 4.90 Å². The highest BCUT2D eigenvalue weighted by Crippen LogP contribution is 2.55. The minimum atomic E-state index is -0.111. The molecule has 0 fully saturated rings. The number of rotatable bonds is 6. The monoisotopic (exact) mass is 811 g/mol. The zero-order valence-corrected chi connectivity index (χ0v) is 36.2. The van der Waals surface area contributed by atoms with E-state index in [0.717, 1.165) is 11.4 Å². The van der Waals surface area contributed by atoms with Crippen molar-refractivity contribution in [2.45, 2.75) is 38.5 Å². The second-order valence-corrected chi connectivity index (χ2v) is 19.2. The SMILES string of the molecule is CC1(C)c2ccccc2-c2cc(-c3cccc(-c4cccc(N(c5ccc(-c6ccc7c(c6)sc6ccccc67)cc5)c5cccc6c5-c5ccccc5C6(C)C)c4)c3)ccc21. The van der Waals surface area contributed by atoms with Gasteiger partial charge in [-0.15, -0.1) is 11.3 Å². The summed E-state index contributed by atoms with van der Waals surface area (Å²) in [7, 11) is 0. The van der Waals surface area contributed by atoms with E-state index in [1.165, 1.54) is 104 Å². The normalized spacial score (nSPS) is 14.1. The van der Waals surface area contributed by atoms with Crippen LogP contribution in [0.25, 0.3) is 75.8 Å². The maximum absolute atomic E-state index is 2.48. The minimum Gasteiger partial charge on any atom is -0.310 e. The summed E-state index contributed by atoms with van der Waals surface area (Å²) in [5.74, 6) is 0. The lowest BCUT2D eigenvalue weighted by molar-refractivity contribution is 0.660. The van der Waals surface area contributed by atoms with E-state index in [4.69, 9.17) is 0 Å². The van der Waals surface area contributed by atoms with Crippen LogP contribution < -0.4 is 4.90 Å². The molecule has 0 aliphatic heterocycles. The van der Waals surface area contributed by atoms with E-state index in [1.54, 1.807) is 0 Å². The lowest BCUT2D eigenvalue weighted by Crippen LogP contribution is -2.16. The summed E-state index contributed by atoms with van der Waals surface area (Å²) in [5.41, 5.74) is 21.4. The molecule has 0 saturated heterocycles. The van der Waals surface area contributed by atoms with Gasteiger partial charge >= 0.3 is 0 Å². The molecular formula is C60H45NS.